The van der Waals surface area contributed by atoms with Crippen LogP contribution in [0.25, 0.3) is 0 Å². The van der Waals surface area contributed by atoms with Crippen molar-refractivity contribution < 1.29 is 14.2 Å². The van der Waals surface area contributed by atoms with Gasteiger partial charge in [0.2, 0.25) is 0 Å². The maximum Gasteiger partial charge on any atom is 0.123 e. The number of aliphatic hydroxyl groups excluding tert-OH is 1. The third-order valence-corrected chi connectivity index (χ3v) is 3.95. The second-order valence-electron chi connectivity index (χ2n) is 6.28. The predicted molar refractivity (Wildman–Crippen MR) is 86.7 cm³/mol. The maximum atomic E-state index is 13.6. The first-order valence-corrected chi connectivity index (χ1v) is 7.48. The quantitative estimate of drug-likeness (QED) is 0.870. The summed E-state index contributed by atoms with van der Waals surface area (Å²) in [6.45, 7) is 4.00. The Bertz CT molecular complexity index is 608. The van der Waals surface area contributed by atoms with Gasteiger partial charge in [-0.05, 0) is 42.0 Å². The molecule has 0 radical (unpaired) electrons. The smallest absolute Gasteiger partial charge is 0.123 e. The number of benzene rings is 2. The minimum Gasteiger partial charge on any atom is -0.496 e. The van der Waals surface area contributed by atoms with Crippen molar-refractivity contribution in [3.05, 3.63) is 65.5 Å². The standard InChI is InChI=1S/C19H23FO2/c1-19(2,17-12-15(20)9-10-18(17)22-3)13-16(21)11-14-7-5-4-6-8-14/h4-10,12,16,21H,11,13H2,1-3H3. The fourth-order valence-electron chi connectivity index (χ4n) is 2.87. The second-order valence-corrected chi connectivity index (χ2v) is 6.28. The number of halogens is 1. The molecule has 0 saturated heterocycles. The molecular weight excluding hydrogens is 279 g/mol. The third-order valence-electron chi connectivity index (χ3n) is 3.95. The molecule has 2 aromatic carbocycles. The minimum atomic E-state index is -0.495. The average molecular weight is 302 g/mol. The van der Waals surface area contributed by atoms with Crippen LogP contribution in [0.4, 0.5) is 4.39 Å². The van der Waals surface area contributed by atoms with Gasteiger partial charge in [-0.25, -0.2) is 4.39 Å². The molecule has 1 N–H and O–H groups in total. The SMILES string of the molecule is COc1ccc(F)cc1C(C)(C)CC(O)Cc1ccccc1. The number of ether oxygens (including phenoxy) is 1. The fraction of sp³-hybridized carbons (Fsp3) is 0.368. The van der Waals surface area contributed by atoms with Gasteiger partial charge in [0.15, 0.2) is 0 Å². The Morgan fingerprint density at radius 1 is 1.14 bits per heavy atom. The maximum absolute atomic E-state index is 13.6. The fourth-order valence-corrected chi connectivity index (χ4v) is 2.87. The van der Waals surface area contributed by atoms with E-state index in [0.29, 0.717) is 18.6 Å². The Kier molecular flexibility index (Phi) is 5.19. The van der Waals surface area contributed by atoms with Crippen molar-refractivity contribution in [2.45, 2.75) is 38.2 Å². The molecule has 0 amide bonds. The molecule has 0 aromatic heterocycles. The van der Waals surface area contributed by atoms with Crippen LogP contribution in [0.5, 0.6) is 5.75 Å². The second kappa shape index (κ2) is 6.93. The lowest BCUT2D eigenvalue weighted by Crippen LogP contribution is -2.26. The van der Waals surface area contributed by atoms with E-state index in [1.165, 1.54) is 12.1 Å². The molecule has 0 fully saturated rings. The van der Waals surface area contributed by atoms with Crippen molar-refractivity contribution in [2.24, 2.45) is 0 Å². The monoisotopic (exact) mass is 302 g/mol. The summed E-state index contributed by atoms with van der Waals surface area (Å²) in [5, 5.41) is 10.4. The van der Waals surface area contributed by atoms with Crippen LogP contribution in [-0.2, 0) is 11.8 Å². The Hall–Kier alpha value is -1.87. The summed E-state index contributed by atoms with van der Waals surface area (Å²) in [4.78, 5) is 0. The summed E-state index contributed by atoms with van der Waals surface area (Å²) < 4.78 is 18.9. The Labute approximate surface area is 131 Å². The highest BCUT2D eigenvalue weighted by molar-refractivity contribution is 5.39. The topological polar surface area (TPSA) is 29.5 Å². The summed E-state index contributed by atoms with van der Waals surface area (Å²) in [5.41, 5.74) is 1.49. The number of hydrogen-bond donors (Lipinski definition) is 1. The zero-order valence-corrected chi connectivity index (χ0v) is 13.3. The van der Waals surface area contributed by atoms with Crippen molar-refractivity contribution in [1.29, 1.82) is 0 Å². The van der Waals surface area contributed by atoms with Crippen molar-refractivity contribution in [3.8, 4) is 5.75 Å². The van der Waals surface area contributed by atoms with Crippen LogP contribution in [0.3, 0.4) is 0 Å². The number of methoxy groups -OCH3 is 1. The Morgan fingerprint density at radius 3 is 2.45 bits per heavy atom. The molecule has 118 valence electrons. The Morgan fingerprint density at radius 2 is 1.82 bits per heavy atom. The van der Waals surface area contributed by atoms with Crippen LogP contribution in [-0.4, -0.2) is 18.3 Å². The van der Waals surface area contributed by atoms with E-state index < -0.39 is 6.10 Å². The molecule has 3 heteroatoms. The van der Waals surface area contributed by atoms with E-state index in [-0.39, 0.29) is 11.2 Å². The lowest BCUT2D eigenvalue weighted by atomic mass is 9.78. The summed E-state index contributed by atoms with van der Waals surface area (Å²) in [6, 6.07) is 14.4. The van der Waals surface area contributed by atoms with Crippen molar-refractivity contribution in [3.63, 3.8) is 0 Å². The molecule has 0 heterocycles. The largest absolute Gasteiger partial charge is 0.496 e. The zero-order chi connectivity index (χ0) is 16.2. The molecule has 0 aliphatic heterocycles. The zero-order valence-electron chi connectivity index (χ0n) is 13.3. The molecule has 2 rings (SSSR count). The third kappa shape index (κ3) is 4.08. The highest BCUT2D eigenvalue weighted by Gasteiger charge is 2.28. The molecule has 0 saturated carbocycles. The summed E-state index contributed by atoms with van der Waals surface area (Å²) in [5.74, 6) is 0.361. The summed E-state index contributed by atoms with van der Waals surface area (Å²) in [7, 11) is 1.58. The first-order valence-electron chi connectivity index (χ1n) is 7.48. The van der Waals surface area contributed by atoms with Gasteiger partial charge in [-0.3, -0.25) is 0 Å². The van der Waals surface area contributed by atoms with Crippen LogP contribution < -0.4 is 4.74 Å². The van der Waals surface area contributed by atoms with Crippen molar-refractivity contribution in [2.75, 3.05) is 7.11 Å². The van der Waals surface area contributed by atoms with Gasteiger partial charge in [-0.2, -0.15) is 0 Å². The van der Waals surface area contributed by atoms with Crippen molar-refractivity contribution in [1.82, 2.24) is 0 Å². The van der Waals surface area contributed by atoms with Gasteiger partial charge in [0.05, 0.1) is 13.2 Å². The van der Waals surface area contributed by atoms with Crippen molar-refractivity contribution >= 4 is 0 Å². The number of hydrogen-bond acceptors (Lipinski definition) is 2. The van der Waals surface area contributed by atoms with Gasteiger partial charge >= 0.3 is 0 Å². The highest BCUT2D eigenvalue weighted by atomic mass is 19.1. The molecule has 22 heavy (non-hydrogen) atoms. The number of aliphatic hydroxyl groups is 1. The van der Waals surface area contributed by atoms with E-state index in [1.807, 2.05) is 44.2 Å². The molecule has 2 aromatic rings. The number of rotatable bonds is 6. The summed E-state index contributed by atoms with van der Waals surface area (Å²) in [6.07, 6.45) is 0.620. The molecule has 0 aliphatic carbocycles. The van der Waals surface area contributed by atoms with Gasteiger partial charge in [-0.15, -0.1) is 0 Å². The summed E-state index contributed by atoms with van der Waals surface area (Å²) >= 11 is 0. The van der Waals surface area contributed by atoms with E-state index in [9.17, 15) is 9.50 Å². The molecule has 1 atom stereocenters. The van der Waals surface area contributed by atoms with Crippen LogP contribution >= 0.6 is 0 Å². The highest BCUT2D eigenvalue weighted by Crippen LogP contribution is 2.36. The average Bonchev–Trinajstić information content (AvgIpc) is 2.47. The Balaban J connectivity index is 2.15. The molecule has 0 spiro atoms. The molecule has 0 aliphatic rings. The van der Waals surface area contributed by atoms with Crippen LogP contribution in [0.1, 0.15) is 31.4 Å². The van der Waals surface area contributed by atoms with Crippen LogP contribution in [0, 0.1) is 5.82 Å². The minimum absolute atomic E-state index is 0.290. The normalized spacial score (nSPS) is 13.0. The van der Waals surface area contributed by atoms with E-state index in [2.05, 4.69) is 0 Å². The first-order chi connectivity index (χ1) is 10.4. The van der Waals surface area contributed by atoms with Gasteiger partial charge in [0, 0.05) is 5.56 Å². The molecule has 2 nitrogen and oxygen atoms in total. The van der Waals surface area contributed by atoms with Crippen LogP contribution in [0.2, 0.25) is 0 Å². The lowest BCUT2D eigenvalue weighted by molar-refractivity contribution is 0.138. The van der Waals surface area contributed by atoms with Gasteiger partial charge in [0.25, 0.3) is 0 Å². The van der Waals surface area contributed by atoms with E-state index in [0.717, 1.165) is 11.1 Å². The predicted octanol–water partition coefficient (Wildman–Crippen LogP) is 4.11. The van der Waals surface area contributed by atoms with Gasteiger partial charge < -0.3 is 9.84 Å². The van der Waals surface area contributed by atoms with Gasteiger partial charge in [-0.1, -0.05) is 44.2 Å². The first kappa shape index (κ1) is 16.5. The molecular formula is C19H23FO2. The van der Waals surface area contributed by atoms with Crippen LogP contribution in [0.15, 0.2) is 48.5 Å². The van der Waals surface area contributed by atoms with E-state index in [1.54, 1.807) is 13.2 Å². The lowest BCUT2D eigenvalue weighted by Gasteiger charge is -2.29. The van der Waals surface area contributed by atoms with E-state index in [4.69, 9.17) is 4.74 Å². The van der Waals surface area contributed by atoms with Gasteiger partial charge in [0.1, 0.15) is 11.6 Å². The molecule has 1 unspecified atom stereocenters. The molecule has 0 bridgehead atoms. The van der Waals surface area contributed by atoms with E-state index >= 15 is 0 Å².